The smallest absolute Gasteiger partial charge is 0.144 e. The summed E-state index contributed by atoms with van der Waals surface area (Å²) in [5.74, 6) is -0.174. The first-order valence-corrected chi connectivity index (χ1v) is 5.76. The molecule has 0 spiro atoms. The molecule has 0 aliphatic rings. The first kappa shape index (κ1) is 12.4. The predicted molar refractivity (Wildman–Crippen MR) is 62.9 cm³/mol. The maximum Gasteiger partial charge on any atom is 0.144 e. The van der Waals surface area contributed by atoms with Crippen molar-refractivity contribution in [2.24, 2.45) is 0 Å². The third kappa shape index (κ3) is 2.65. The third-order valence-electron chi connectivity index (χ3n) is 2.63. The largest absolute Gasteiger partial charge is 0.299 e. The van der Waals surface area contributed by atoms with Crippen LogP contribution in [0.25, 0.3) is 0 Å². The lowest BCUT2D eigenvalue weighted by atomic mass is 9.92. The summed E-state index contributed by atoms with van der Waals surface area (Å²) in [6.45, 7) is 5.19. The van der Waals surface area contributed by atoms with Crippen molar-refractivity contribution in [3.8, 4) is 0 Å². The second-order valence-electron chi connectivity index (χ2n) is 3.76. The number of carbonyl (C=O) groups excluding carboxylic acids is 1. The zero-order valence-corrected chi connectivity index (χ0v) is 10.6. The first-order valence-electron chi connectivity index (χ1n) is 4.84. The molecule has 82 valence electrons. The van der Waals surface area contributed by atoms with Gasteiger partial charge >= 0.3 is 0 Å². The summed E-state index contributed by atoms with van der Waals surface area (Å²) in [5.41, 5.74) is 1.50. The van der Waals surface area contributed by atoms with E-state index in [0.29, 0.717) is 5.56 Å². The molecule has 0 bridgehead atoms. The molecule has 3 heteroatoms. The number of halogens is 2. The van der Waals surface area contributed by atoms with E-state index in [2.05, 4.69) is 15.9 Å². The number of hydrogen-bond donors (Lipinski definition) is 0. The van der Waals surface area contributed by atoms with Crippen molar-refractivity contribution in [2.45, 2.75) is 31.5 Å². The number of ketones is 1. The van der Waals surface area contributed by atoms with Crippen LogP contribution in [0.2, 0.25) is 0 Å². The second kappa shape index (κ2) is 4.88. The van der Waals surface area contributed by atoms with Crippen LogP contribution in [0.15, 0.2) is 18.2 Å². The monoisotopic (exact) mass is 272 g/mol. The Morgan fingerprint density at radius 3 is 2.60 bits per heavy atom. The number of hydrogen-bond acceptors (Lipinski definition) is 1. The first-order chi connectivity index (χ1) is 6.95. The highest BCUT2D eigenvalue weighted by Crippen LogP contribution is 2.28. The Balaban J connectivity index is 3.06. The summed E-state index contributed by atoms with van der Waals surface area (Å²) in [4.78, 5) is 11.0. The van der Waals surface area contributed by atoms with E-state index in [0.717, 1.165) is 5.56 Å². The van der Waals surface area contributed by atoms with E-state index in [9.17, 15) is 9.18 Å². The molecular weight excluding hydrogens is 259 g/mol. The molecule has 0 aliphatic heterocycles. The molecule has 0 N–H and O–H groups in total. The van der Waals surface area contributed by atoms with Crippen molar-refractivity contribution in [3.05, 3.63) is 35.1 Å². The topological polar surface area (TPSA) is 17.1 Å². The Hall–Kier alpha value is -0.700. The van der Waals surface area contributed by atoms with Crippen LogP contribution in [0.3, 0.4) is 0 Å². The SMILES string of the molecule is CC(=O)C(Br)C(C)c1cccc(F)c1C. The van der Waals surface area contributed by atoms with Gasteiger partial charge in [0.05, 0.1) is 4.83 Å². The van der Waals surface area contributed by atoms with Gasteiger partial charge in [-0.05, 0) is 31.0 Å². The summed E-state index contributed by atoms with van der Waals surface area (Å²) >= 11 is 3.33. The van der Waals surface area contributed by atoms with E-state index < -0.39 is 0 Å². The minimum atomic E-state index is -0.252. The van der Waals surface area contributed by atoms with Crippen molar-refractivity contribution in [2.75, 3.05) is 0 Å². The lowest BCUT2D eigenvalue weighted by Gasteiger charge is -2.18. The average Bonchev–Trinajstić information content (AvgIpc) is 2.20. The van der Waals surface area contributed by atoms with Gasteiger partial charge in [-0.15, -0.1) is 0 Å². The molecule has 2 unspecified atom stereocenters. The van der Waals surface area contributed by atoms with E-state index in [1.54, 1.807) is 13.0 Å². The zero-order valence-electron chi connectivity index (χ0n) is 9.05. The van der Waals surface area contributed by atoms with Crippen LogP contribution in [0, 0.1) is 12.7 Å². The van der Waals surface area contributed by atoms with Gasteiger partial charge in [0.15, 0.2) is 0 Å². The molecule has 2 atom stereocenters. The standard InChI is InChI=1S/C12H14BrFO/c1-7-10(5-4-6-11(7)14)8(2)12(13)9(3)15/h4-6,8,12H,1-3H3. The van der Waals surface area contributed by atoms with E-state index >= 15 is 0 Å². The lowest BCUT2D eigenvalue weighted by Crippen LogP contribution is -2.18. The third-order valence-corrected chi connectivity index (χ3v) is 4.07. The Bertz CT molecular complexity index is 376. The predicted octanol–water partition coefficient (Wildman–Crippen LogP) is 3.59. The summed E-state index contributed by atoms with van der Waals surface area (Å²) in [7, 11) is 0. The molecule has 0 fully saturated rings. The van der Waals surface area contributed by atoms with Crippen LogP contribution < -0.4 is 0 Å². The second-order valence-corrected chi connectivity index (χ2v) is 4.74. The van der Waals surface area contributed by atoms with Gasteiger partial charge in [-0.3, -0.25) is 4.79 Å². The molecule has 1 nitrogen and oxygen atoms in total. The lowest BCUT2D eigenvalue weighted by molar-refractivity contribution is -0.116. The minimum absolute atomic E-state index is 0.0156. The van der Waals surface area contributed by atoms with Gasteiger partial charge in [0.2, 0.25) is 0 Å². The fourth-order valence-corrected chi connectivity index (χ4v) is 1.91. The molecule has 1 rings (SSSR count). The van der Waals surface area contributed by atoms with Crippen molar-refractivity contribution in [1.82, 2.24) is 0 Å². The molecule has 0 saturated carbocycles. The molecule has 0 amide bonds. The molecule has 0 aromatic heterocycles. The fraction of sp³-hybridized carbons (Fsp3) is 0.417. The van der Waals surface area contributed by atoms with Crippen molar-refractivity contribution in [3.63, 3.8) is 0 Å². The number of rotatable bonds is 3. The molecule has 0 saturated heterocycles. The highest BCUT2D eigenvalue weighted by atomic mass is 79.9. The van der Waals surface area contributed by atoms with Gasteiger partial charge in [-0.2, -0.15) is 0 Å². The van der Waals surface area contributed by atoms with Crippen LogP contribution >= 0.6 is 15.9 Å². The van der Waals surface area contributed by atoms with E-state index in [1.165, 1.54) is 13.0 Å². The van der Waals surface area contributed by atoms with Crippen molar-refractivity contribution < 1.29 is 9.18 Å². The normalized spacial score (nSPS) is 14.7. The summed E-state index contributed by atoms with van der Waals surface area (Å²) in [6, 6.07) is 4.97. The Morgan fingerprint density at radius 2 is 2.07 bits per heavy atom. The highest BCUT2D eigenvalue weighted by molar-refractivity contribution is 9.10. The van der Waals surface area contributed by atoms with Gasteiger partial charge in [0.25, 0.3) is 0 Å². The molecule has 0 aliphatic carbocycles. The summed E-state index contributed by atoms with van der Waals surface area (Å²) < 4.78 is 13.3. The van der Waals surface area contributed by atoms with E-state index in [4.69, 9.17) is 0 Å². The van der Waals surface area contributed by atoms with Crippen LogP contribution in [-0.4, -0.2) is 10.6 Å². The van der Waals surface area contributed by atoms with Crippen LogP contribution in [0.5, 0.6) is 0 Å². The van der Waals surface area contributed by atoms with Gasteiger partial charge in [0, 0.05) is 5.92 Å². The molecule has 0 radical (unpaired) electrons. The average molecular weight is 273 g/mol. The summed E-state index contributed by atoms with van der Waals surface area (Å²) in [6.07, 6.45) is 0. The molecule has 15 heavy (non-hydrogen) atoms. The molecule has 0 heterocycles. The van der Waals surface area contributed by atoms with E-state index in [1.807, 2.05) is 13.0 Å². The molecule has 1 aromatic carbocycles. The maximum atomic E-state index is 13.3. The van der Waals surface area contributed by atoms with Gasteiger partial charge < -0.3 is 0 Å². The van der Waals surface area contributed by atoms with Gasteiger partial charge in [0.1, 0.15) is 11.6 Å². The van der Waals surface area contributed by atoms with Gasteiger partial charge in [-0.25, -0.2) is 4.39 Å². The zero-order chi connectivity index (χ0) is 11.6. The van der Waals surface area contributed by atoms with E-state index in [-0.39, 0.29) is 22.3 Å². The number of benzene rings is 1. The Kier molecular flexibility index (Phi) is 4.03. The van der Waals surface area contributed by atoms with Crippen molar-refractivity contribution >= 4 is 21.7 Å². The Morgan fingerprint density at radius 1 is 1.47 bits per heavy atom. The van der Waals surface area contributed by atoms with Crippen LogP contribution in [0.1, 0.15) is 30.9 Å². The minimum Gasteiger partial charge on any atom is -0.299 e. The quantitative estimate of drug-likeness (QED) is 0.769. The molecular formula is C12H14BrFO. The van der Waals surface area contributed by atoms with Crippen LogP contribution in [-0.2, 0) is 4.79 Å². The Labute approximate surface area is 97.8 Å². The van der Waals surface area contributed by atoms with Crippen molar-refractivity contribution in [1.29, 1.82) is 0 Å². The van der Waals surface area contributed by atoms with Crippen LogP contribution in [0.4, 0.5) is 4.39 Å². The maximum absolute atomic E-state index is 13.3. The fourth-order valence-electron chi connectivity index (χ4n) is 1.63. The number of alkyl halides is 1. The molecule has 1 aromatic rings. The highest BCUT2D eigenvalue weighted by Gasteiger charge is 2.22. The summed E-state index contributed by atoms with van der Waals surface area (Å²) in [5, 5.41) is 0. The van der Waals surface area contributed by atoms with Gasteiger partial charge in [-0.1, -0.05) is 35.0 Å². The number of Topliss-reactive ketones (excluding diaryl/α,β-unsaturated/α-hetero) is 1. The number of carbonyl (C=O) groups is 1.